The Morgan fingerprint density at radius 3 is 2.00 bits per heavy atom. The summed E-state index contributed by atoms with van der Waals surface area (Å²) >= 11 is 2.31. The summed E-state index contributed by atoms with van der Waals surface area (Å²) in [6.45, 7) is 2.09. The van der Waals surface area contributed by atoms with E-state index >= 15 is 0 Å². The van der Waals surface area contributed by atoms with Crippen molar-refractivity contribution in [3.05, 3.63) is 81.9 Å². The molecule has 0 N–H and O–H groups in total. The molecule has 0 fully saturated rings. The van der Waals surface area contributed by atoms with Crippen LogP contribution in [-0.4, -0.2) is 9.97 Å². The van der Waals surface area contributed by atoms with Crippen LogP contribution in [0.2, 0.25) is 0 Å². The molecule has 0 aliphatic rings. The minimum Gasteiger partial charge on any atom is -0.244 e. The number of nitrogens with zero attached hydrogens (tertiary/aromatic N) is 2. The van der Waals surface area contributed by atoms with Crippen LogP contribution in [0.5, 0.6) is 0 Å². The molecule has 116 valence electrons. The number of fused-ring (bicyclic) bond motifs is 1. The highest BCUT2D eigenvalue weighted by Gasteiger charge is 2.13. The van der Waals surface area contributed by atoms with Gasteiger partial charge in [0.1, 0.15) is 0 Å². The van der Waals surface area contributed by atoms with Crippen molar-refractivity contribution >= 4 is 33.6 Å². The SMILES string of the molecule is Cc1ccc(-c2nc3ccc(I)cc3nc2-c2ccccc2)cc1. The van der Waals surface area contributed by atoms with Gasteiger partial charge in [-0.2, -0.15) is 0 Å². The lowest BCUT2D eigenvalue weighted by Crippen LogP contribution is -1.95. The van der Waals surface area contributed by atoms with Gasteiger partial charge in [-0.05, 0) is 47.7 Å². The summed E-state index contributed by atoms with van der Waals surface area (Å²) in [6.07, 6.45) is 0. The first-order valence-electron chi connectivity index (χ1n) is 7.80. The zero-order valence-electron chi connectivity index (χ0n) is 13.2. The fourth-order valence-corrected chi connectivity index (χ4v) is 3.21. The molecule has 4 rings (SSSR count). The number of rotatable bonds is 2. The van der Waals surface area contributed by atoms with Gasteiger partial charge in [-0.3, -0.25) is 0 Å². The first-order chi connectivity index (χ1) is 11.7. The van der Waals surface area contributed by atoms with Gasteiger partial charge in [-0.15, -0.1) is 0 Å². The summed E-state index contributed by atoms with van der Waals surface area (Å²) in [5.41, 5.74) is 7.11. The molecule has 3 aromatic carbocycles. The van der Waals surface area contributed by atoms with Gasteiger partial charge in [0.2, 0.25) is 0 Å². The van der Waals surface area contributed by atoms with Crippen LogP contribution in [0.25, 0.3) is 33.5 Å². The Kier molecular flexibility index (Phi) is 4.02. The molecule has 0 bridgehead atoms. The van der Waals surface area contributed by atoms with Crippen LogP contribution in [0.3, 0.4) is 0 Å². The average molecular weight is 422 g/mol. The lowest BCUT2D eigenvalue weighted by Gasteiger charge is -2.11. The third-order valence-electron chi connectivity index (χ3n) is 4.00. The quantitative estimate of drug-likeness (QED) is 0.377. The van der Waals surface area contributed by atoms with Crippen LogP contribution in [0.4, 0.5) is 0 Å². The Labute approximate surface area is 154 Å². The van der Waals surface area contributed by atoms with Crippen molar-refractivity contribution in [2.45, 2.75) is 6.92 Å². The van der Waals surface area contributed by atoms with E-state index in [1.54, 1.807) is 0 Å². The van der Waals surface area contributed by atoms with E-state index < -0.39 is 0 Å². The van der Waals surface area contributed by atoms with E-state index in [-0.39, 0.29) is 0 Å². The van der Waals surface area contributed by atoms with E-state index in [2.05, 4.69) is 78.0 Å². The van der Waals surface area contributed by atoms with Gasteiger partial charge in [-0.1, -0.05) is 60.2 Å². The number of hydrogen-bond acceptors (Lipinski definition) is 2. The smallest absolute Gasteiger partial charge is 0.0973 e. The highest BCUT2D eigenvalue weighted by Crippen LogP contribution is 2.31. The Morgan fingerprint density at radius 1 is 0.667 bits per heavy atom. The van der Waals surface area contributed by atoms with E-state index in [0.717, 1.165) is 37.1 Å². The molecule has 0 radical (unpaired) electrons. The van der Waals surface area contributed by atoms with Gasteiger partial charge >= 0.3 is 0 Å². The molecule has 0 unspecified atom stereocenters. The second kappa shape index (κ2) is 6.32. The number of aryl methyl sites for hydroxylation is 1. The lowest BCUT2D eigenvalue weighted by molar-refractivity contribution is 1.29. The van der Waals surface area contributed by atoms with Gasteiger partial charge < -0.3 is 0 Å². The molecule has 0 saturated carbocycles. The Bertz CT molecular complexity index is 1010. The lowest BCUT2D eigenvalue weighted by atomic mass is 10.0. The summed E-state index contributed by atoms with van der Waals surface area (Å²) < 4.78 is 1.16. The standard InChI is InChI=1S/C21H15IN2/c1-14-7-9-16(10-8-14)21-20(15-5-3-2-4-6-15)24-19-13-17(22)11-12-18(19)23-21/h2-13H,1H3. The van der Waals surface area contributed by atoms with Crippen molar-refractivity contribution in [2.75, 3.05) is 0 Å². The maximum atomic E-state index is 4.94. The molecule has 4 aromatic rings. The first-order valence-corrected chi connectivity index (χ1v) is 8.88. The molecule has 0 aliphatic carbocycles. The fourth-order valence-electron chi connectivity index (χ4n) is 2.74. The molecule has 2 nitrogen and oxygen atoms in total. The molecule has 0 amide bonds. The monoisotopic (exact) mass is 422 g/mol. The normalized spacial score (nSPS) is 10.9. The maximum absolute atomic E-state index is 4.94. The average Bonchev–Trinajstić information content (AvgIpc) is 2.62. The zero-order chi connectivity index (χ0) is 16.5. The molecule has 1 heterocycles. The van der Waals surface area contributed by atoms with Crippen LogP contribution >= 0.6 is 22.6 Å². The first kappa shape index (κ1) is 15.3. The van der Waals surface area contributed by atoms with Crippen LogP contribution in [0.1, 0.15) is 5.56 Å². The second-order valence-electron chi connectivity index (χ2n) is 5.79. The minimum absolute atomic E-state index is 0.922. The molecule has 0 aliphatic heterocycles. The molecular formula is C21H15IN2. The van der Waals surface area contributed by atoms with Crippen LogP contribution in [0.15, 0.2) is 72.8 Å². The van der Waals surface area contributed by atoms with Crippen molar-refractivity contribution < 1.29 is 0 Å². The summed E-state index contributed by atoms with van der Waals surface area (Å²) in [5.74, 6) is 0. The van der Waals surface area contributed by atoms with Crippen LogP contribution < -0.4 is 0 Å². The highest BCUT2D eigenvalue weighted by atomic mass is 127. The topological polar surface area (TPSA) is 25.8 Å². The third kappa shape index (κ3) is 2.91. The maximum Gasteiger partial charge on any atom is 0.0973 e. The van der Waals surface area contributed by atoms with Gasteiger partial charge in [0.05, 0.1) is 22.4 Å². The highest BCUT2D eigenvalue weighted by molar-refractivity contribution is 14.1. The molecule has 24 heavy (non-hydrogen) atoms. The Hall–Kier alpha value is -2.27. The van der Waals surface area contributed by atoms with Crippen LogP contribution in [0, 0.1) is 10.5 Å². The van der Waals surface area contributed by atoms with E-state index in [4.69, 9.17) is 9.97 Å². The largest absolute Gasteiger partial charge is 0.244 e. The Balaban J connectivity index is 2.02. The van der Waals surface area contributed by atoms with Crippen molar-refractivity contribution in [2.24, 2.45) is 0 Å². The predicted molar refractivity (Wildman–Crippen MR) is 108 cm³/mol. The summed E-state index contributed by atoms with van der Waals surface area (Å²) in [4.78, 5) is 9.86. The van der Waals surface area contributed by atoms with Crippen molar-refractivity contribution in [1.29, 1.82) is 0 Å². The minimum atomic E-state index is 0.922. The molecule has 0 spiro atoms. The van der Waals surface area contributed by atoms with Gasteiger partial charge in [-0.25, -0.2) is 9.97 Å². The molecular weight excluding hydrogens is 407 g/mol. The van der Waals surface area contributed by atoms with Crippen molar-refractivity contribution in [1.82, 2.24) is 9.97 Å². The number of aromatic nitrogens is 2. The van der Waals surface area contributed by atoms with E-state index in [1.165, 1.54) is 5.56 Å². The number of halogens is 1. The fraction of sp³-hybridized carbons (Fsp3) is 0.0476. The second-order valence-corrected chi connectivity index (χ2v) is 7.03. The van der Waals surface area contributed by atoms with E-state index in [1.807, 2.05) is 24.3 Å². The van der Waals surface area contributed by atoms with Gasteiger partial charge in [0, 0.05) is 14.7 Å². The summed E-state index contributed by atoms with van der Waals surface area (Å²) in [6, 6.07) is 24.9. The van der Waals surface area contributed by atoms with E-state index in [9.17, 15) is 0 Å². The molecule has 3 heteroatoms. The molecule has 0 saturated heterocycles. The molecule has 1 aromatic heterocycles. The summed E-state index contributed by atoms with van der Waals surface area (Å²) in [5, 5.41) is 0. The number of hydrogen-bond donors (Lipinski definition) is 0. The molecule has 0 atom stereocenters. The zero-order valence-corrected chi connectivity index (χ0v) is 15.4. The van der Waals surface area contributed by atoms with Gasteiger partial charge in [0.15, 0.2) is 0 Å². The van der Waals surface area contributed by atoms with Crippen LogP contribution in [-0.2, 0) is 0 Å². The Morgan fingerprint density at radius 2 is 1.29 bits per heavy atom. The van der Waals surface area contributed by atoms with Crippen molar-refractivity contribution in [3.8, 4) is 22.5 Å². The third-order valence-corrected chi connectivity index (χ3v) is 4.67. The summed E-state index contributed by atoms with van der Waals surface area (Å²) in [7, 11) is 0. The van der Waals surface area contributed by atoms with Gasteiger partial charge in [0.25, 0.3) is 0 Å². The van der Waals surface area contributed by atoms with E-state index in [0.29, 0.717) is 0 Å². The van der Waals surface area contributed by atoms with Crippen molar-refractivity contribution in [3.63, 3.8) is 0 Å². The predicted octanol–water partition coefficient (Wildman–Crippen LogP) is 5.88. The number of benzene rings is 3.